The van der Waals surface area contributed by atoms with Gasteiger partial charge in [0.2, 0.25) is 0 Å². The monoisotopic (exact) mass is 224 g/mol. The highest BCUT2D eigenvalue weighted by atomic mass is 32.1. The van der Waals surface area contributed by atoms with Gasteiger partial charge in [0.25, 0.3) is 0 Å². The first-order chi connectivity index (χ1) is 6.86. The molecule has 2 aromatic rings. The van der Waals surface area contributed by atoms with Gasteiger partial charge in [-0.1, -0.05) is 0 Å². The summed E-state index contributed by atoms with van der Waals surface area (Å²) in [5.74, 6) is 0. The zero-order valence-electron chi connectivity index (χ0n) is 7.72. The van der Waals surface area contributed by atoms with Gasteiger partial charge in [0.1, 0.15) is 0 Å². The Balaban J connectivity index is 1.87. The number of hydrogen-bond acceptors (Lipinski definition) is 3. The Kier molecular flexibility index (Phi) is 3.35. The van der Waals surface area contributed by atoms with E-state index in [0.29, 0.717) is 0 Å². The average Bonchev–Trinajstić information content (AvgIpc) is 2.87. The van der Waals surface area contributed by atoms with Gasteiger partial charge in [-0.2, -0.15) is 22.7 Å². The lowest BCUT2D eigenvalue weighted by Gasteiger charge is -2.07. The molecule has 0 saturated carbocycles. The summed E-state index contributed by atoms with van der Waals surface area (Å²) in [5.41, 5.74) is 2.37. The molecule has 1 unspecified atom stereocenters. The fourth-order valence-electron chi connectivity index (χ4n) is 1.37. The molecular formula is C11H12OS2. The van der Waals surface area contributed by atoms with Crippen LogP contribution in [0.25, 0.3) is 0 Å². The van der Waals surface area contributed by atoms with Crippen molar-refractivity contribution in [3.63, 3.8) is 0 Å². The SMILES string of the molecule is OC(CCc1ccsc1)c1ccsc1. The van der Waals surface area contributed by atoms with E-state index in [4.69, 9.17) is 0 Å². The van der Waals surface area contributed by atoms with Crippen LogP contribution in [0.15, 0.2) is 33.7 Å². The van der Waals surface area contributed by atoms with Crippen molar-refractivity contribution in [3.05, 3.63) is 44.8 Å². The molecule has 0 aliphatic carbocycles. The summed E-state index contributed by atoms with van der Waals surface area (Å²) < 4.78 is 0. The van der Waals surface area contributed by atoms with Crippen LogP contribution in [0.4, 0.5) is 0 Å². The number of hydrogen-bond donors (Lipinski definition) is 1. The summed E-state index contributed by atoms with van der Waals surface area (Å²) in [5, 5.41) is 18.0. The topological polar surface area (TPSA) is 20.2 Å². The molecule has 74 valence electrons. The standard InChI is InChI=1S/C11H12OS2/c12-11(10-4-6-14-8-10)2-1-9-3-5-13-7-9/h3-8,11-12H,1-2H2. The molecule has 0 amide bonds. The Morgan fingerprint density at radius 1 is 1.14 bits per heavy atom. The van der Waals surface area contributed by atoms with Crippen LogP contribution in [-0.4, -0.2) is 5.11 Å². The summed E-state index contributed by atoms with van der Waals surface area (Å²) in [6.07, 6.45) is 1.47. The minimum absolute atomic E-state index is 0.304. The van der Waals surface area contributed by atoms with Gasteiger partial charge in [-0.3, -0.25) is 0 Å². The molecule has 2 heterocycles. The van der Waals surface area contributed by atoms with Crippen LogP contribution in [-0.2, 0) is 6.42 Å². The molecule has 3 heteroatoms. The largest absolute Gasteiger partial charge is 0.388 e. The van der Waals surface area contributed by atoms with E-state index >= 15 is 0 Å². The van der Waals surface area contributed by atoms with Crippen molar-refractivity contribution in [3.8, 4) is 0 Å². The third-order valence-corrected chi connectivity index (χ3v) is 3.65. The molecule has 1 atom stereocenters. The van der Waals surface area contributed by atoms with Gasteiger partial charge in [-0.05, 0) is 57.6 Å². The molecule has 0 aromatic carbocycles. The van der Waals surface area contributed by atoms with Crippen molar-refractivity contribution in [2.45, 2.75) is 18.9 Å². The van der Waals surface area contributed by atoms with E-state index in [-0.39, 0.29) is 6.10 Å². The molecule has 0 spiro atoms. The van der Waals surface area contributed by atoms with E-state index < -0.39 is 0 Å². The van der Waals surface area contributed by atoms with Gasteiger partial charge in [0.05, 0.1) is 6.10 Å². The third-order valence-electron chi connectivity index (χ3n) is 2.21. The predicted octanol–water partition coefficient (Wildman–Crippen LogP) is 3.48. The number of aryl methyl sites for hydroxylation is 1. The number of aliphatic hydroxyl groups is 1. The lowest BCUT2D eigenvalue weighted by Crippen LogP contribution is -1.97. The van der Waals surface area contributed by atoms with E-state index in [1.807, 2.05) is 16.8 Å². The van der Waals surface area contributed by atoms with Crippen molar-refractivity contribution >= 4 is 22.7 Å². The highest BCUT2D eigenvalue weighted by molar-refractivity contribution is 7.08. The smallest absolute Gasteiger partial charge is 0.0801 e. The first-order valence-corrected chi connectivity index (χ1v) is 6.46. The second-order valence-electron chi connectivity index (χ2n) is 3.24. The first-order valence-electron chi connectivity index (χ1n) is 4.57. The Morgan fingerprint density at radius 2 is 1.93 bits per heavy atom. The first kappa shape index (κ1) is 9.90. The number of aliphatic hydroxyl groups excluding tert-OH is 1. The zero-order chi connectivity index (χ0) is 9.80. The van der Waals surface area contributed by atoms with Gasteiger partial charge in [-0.25, -0.2) is 0 Å². The van der Waals surface area contributed by atoms with Gasteiger partial charge in [-0.15, -0.1) is 0 Å². The van der Waals surface area contributed by atoms with E-state index in [0.717, 1.165) is 18.4 Å². The van der Waals surface area contributed by atoms with Crippen molar-refractivity contribution in [1.29, 1.82) is 0 Å². The van der Waals surface area contributed by atoms with Crippen LogP contribution < -0.4 is 0 Å². The maximum atomic E-state index is 9.82. The zero-order valence-corrected chi connectivity index (χ0v) is 9.35. The summed E-state index contributed by atoms with van der Waals surface area (Å²) in [6.45, 7) is 0. The Labute approximate surface area is 91.7 Å². The number of thiophene rings is 2. The van der Waals surface area contributed by atoms with Crippen molar-refractivity contribution in [1.82, 2.24) is 0 Å². The minimum Gasteiger partial charge on any atom is -0.388 e. The number of rotatable bonds is 4. The van der Waals surface area contributed by atoms with Crippen LogP contribution in [0.1, 0.15) is 23.7 Å². The summed E-state index contributed by atoms with van der Waals surface area (Å²) in [7, 11) is 0. The predicted molar refractivity (Wildman–Crippen MR) is 61.9 cm³/mol. The van der Waals surface area contributed by atoms with Crippen molar-refractivity contribution < 1.29 is 5.11 Å². The Morgan fingerprint density at radius 3 is 2.57 bits per heavy atom. The molecule has 0 aliphatic heterocycles. The lowest BCUT2D eigenvalue weighted by molar-refractivity contribution is 0.168. The van der Waals surface area contributed by atoms with E-state index in [1.54, 1.807) is 22.7 Å². The second-order valence-corrected chi connectivity index (χ2v) is 4.80. The molecule has 2 aromatic heterocycles. The molecule has 0 saturated heterocycles. The molecule has 0 bridgehead atoms. The molecule has 14 heavy (non-hydrogen) atoms. The second kappa shape index (κ2) is 4.73. The molecule has 1 nitrogen and oxygen atoms in total. The maximum absolute atomic E-state index is 9.82. The Hall–Kier alpha value is -0.640. The average molecular weight is 224 g/mol. The maximum Gasteiger partial charge on any atom is 0.0801 e. The van der Waals surface area contributed by atoms with E-state index in [2.05, 4.69) is 16.8 Å². The van der Waals surface area contributed by atoms with Gasteiger partial charge in [0.15, 0.2) is 0 Å². The van der Waals surface area contributed by atoms with Crippen molar-refractivity contribution in [2.24, 2.45) is 0 Å². The lowest BCUT2D eigenvalue weighted by atomic mass is 10.1. The minimum atomic E-state index is -0.304. The molecule has 0 radical (unpaired) electrons. The third kappa shape index (κ3) is 2.44. The fraction of sp³-hybridized carbons (Fsp3) is 0.273. The highest BCUT2D eigenvalue weighted by Gasteiger charge is 2.07. The van der Waals surface area contributed by atoms with Crippen molar-refractivity contribution in [2.75, 3.05) is 0 Å². The van der Waals surface area contributed by atoms with Crippen LogP contribution in [0.2, 0.25) is 0 Å². The van der Waals surface area contributed by atoms with Crippen LogP contribution >= 0.6 is 22.7 Å². The fourth-order valence-corrected chi connectivity index (χ4v) is 2.78. The summed E-state index contributed by atoms with van der Waals surface area (Å²) in [4.78, 5) is 0. The van der Waals surface area contributed by atoms with Gasteiger partial charge in [0, 0.05) is 0 Å². The molecule has 1 N–H and O–H groups in total. The molecular weight excluding hydrogens is 212 g/mol. The highest BCUT2D eigenvalue weighted by Crippen LogP contribution is 2.21. The van der Waals surface area contributed by atoms with Crippen LogP contribution in [0.3, 0.4) is 0 Å². The van der Waals surface area contributed by atoms with Gasteiger partial charge >= 0.3 is 0 Å². The molecule has 2 rings (SSSR count). The van der Waals surface area contributed by atoms with E-state index in [1.165, 1.54) is 5.56 Å². The van der Waals surface area contributed by atoms with Gasteiger partial charge < -0.3 is 5.11 Å². The quantitative estimate of drug-likeness (QED) is 0.843. The van der Waals surface area contributed by atoms with Crippen LogP contribution in [0.5, 0.6) is 0 Å². The summed E-state index contributed by atoms with van der Waals surface area (Å²) >= 11 is 3.34. The molecule has 0 fully saturated rings. The van der Waals surface area contributed by atoms with Crippen LogP contribution in [0, 0.1) is 0 Å². The Bertz CT molecular complexity index is 351. The normalized spacial score (nSPS) is 12.9. The summed E-state index contributed by atoms with van der Waals surface area (Å²) in [6, 6.07) is 4.11. The molecule has 0 aliphatic rings. The van der Waals surface area contributed by atoms with E-state index in [9.17, 15) is 5.11 Å².